The van der Waals surface area contributed by atoms with Crippen LogP contribution < -0.4 is 14.5 Å². The highest BCUT2D eigenvalue weighted by Gasteiger charge is 2.49. The molecule has 230 valence electrons. The molecule has 0 bridgehead atoms. The van der Waals surface area contributed by atoms with Gasteiger partial charge in [-0.25, -0.2) is 14.2 Å². The predicted molar refractivity (Wildman–Crippen MR) is 167 cm³/mol. The van der Waals surface area contributed by atoms with Crippen molar-refractivity contribution in [3.63, 3.8) is 0 Å². The van der Waals surface area contributed by atoms with Crippen molar-refractivity contribution in [2.24, 2.45) is 0 Å². The Morgan fingerprint density at radius 3 is 2.80 bits per heavy atom. The fourth-order valence-electron chi connectivity index (χ4n) is 7.86. The van der Waals surface area contributed by atoms with Crippen molar-refractivity contribution in [1.82, 2.24) is 14.8 Å². The van der Waals surface area contributed by atoms with E-state index in [0.717, 1.165) is 65.8 Å². The highest BCUT2D eigenvalue weighted by atomic mass is 35.5. The third kappa shape index (κ3) is 5.16. The van der Waals surface area contributed by atoms with E-state index in [1.807, 2.05) is 24.3 Å². The second-order valence-electron chi connectivity index (χ2n) is 12.5. The van der Waals surface area contributed by atoms with Crippen LogP contribution in [0.15, 0.2) is 42.5 Å². The number of alkyl halides is 1. The number of fused-ring (bicyclic) bond motifs is 3. The molecule has 0 saturated carbocycles. The van der Waals surface area contributed by atoms with Crippen molar-refractivity contribution in [1.29, 1.82) is 5.26 Å². The first-order chi connectivity index (χ1) is 21.3. The molecule has 44 heavy (non-hydrogen) atoms. The van der Waals surface area contributed by atoms with Crippen LogP contribution in [0.3, 0.4) is 0 Å². The minimum absolute atomic E-state index is 0.123. The third-order valence-corrected chi connectivity index (χ3v) is 10.3. The van der Waals surface area contributed by atoms with E-state index in [4.69, 9.17) is 21.3 Å². The molecule has 1 N–H and O–H groups in total. The summed E-state index contributed by atoms with van der Waals surface area (Å²) in [7, 11) is 0. The number of pyridine rings is 1. The van der Waals surface area contributed by atoms with Gasteiger partial charge in [-0.2, -0.15) is 5.26 Å². The van der Waals surface area contributed by atoms with Crippen LogP contribution in [-0.4, -0.2) is 89.6 Å². The van der Waals surface area contributed by atoms with Gasteiger partial charge in [-0.1, -0.05) is 35.9 Å². The van der Waals surface area contributed by atoms with Crippen LogP contribution in [0.5, 0.6) is 5.88 Å². The first-order valence-electron chi connectivity index (χ1n) is 15.4. The van der Waals surface area contributed by atoms with Gasteiger partial charge in [-0.15, -0.1) is 0 Å². The summed E-state index contributed by atoms with van der Waals surface area (Å²) in [6.45, 7) is 4.29. The Labute approximate surface area is 261 Å². The van der Waals surface area contributed by atoms with Crippen molar-refractivity contribution in [3.8, 4) is 11.9 Å². The van der Waals surface area contributed by atoms with Gasteiger partial charge in [0.1, 0.15) is 12.8 Å². The van der Waals surface area contributed by atoms with Gasteiger partial charge in [0, 0.05) is 67.5 Å². The zero-order valence-electron chi connectivity index (χ0n) is 24.6. The summed E-state index contributed by atoms with van der Waals surface area (Å²) < 4.78 is 20.9. The summed E-state index contributed by atoms with van der Waals surface area (Å²) in [5, 5.41) is 22.0. The first-order valence-corrected chi connectivity index (χ1v) is 15.8. The van der Waals surface area contributed by atoms with Crippen molar-refractivity contribution >= 4 is 39.8 Å². The average Bonchev–Trinajstić information content (AvgIpc) is 3.55. The second-order valence-corrected chi connectivity index (χ2v) is 12.9. The molecule has 0 radical (unpaired) electrons. The average molecular weight is 619 g/mol. The van der Waals surface area contributed by atoms with E-state index in [2.05, 4.69) is 39.0 Å². The first kappa shape index (κ1) is 28.9. The van der Waals surface area contributed by atoms with Gasteiger partial charge in [0.15, 0.2) is 0 Å². The smallest absolute Gasteiger partial charge is 0.407 e. The highest BCUT2D eigenvalue weighted by Crippen LogP contribution is 2.42. The number of anilines is 2. The molecule has 7 rings (SSSR count). The van der Waals surface area contributed by atoms with E-state index in [0.29, 0.717) is 56.7 Å². The molecule has 4 aliphatic rings. The normalized spacial score (nSPS) is 25.2. The molecule has 0 spiro atoms. The maximum atomic E-state index is 14.5. The number of hydrogen-bond donors (Lipinski definition) is 1. The summed E-state index contributed by atoms with van der Waals surface area (Å²) in [6, 6.07) is 15.9. The number of rotatable bonds is 6. The van der Waals surface area contributed by atoms with Gasteiger partial charge in [-0.3, -0.25) is 4.90 Å². The number of amides is 1. The lowest BCUT2D eigenvalue weighted by molar-refractivity contribution is 0.110. The SMILES string of the molecule is N#CC[C@H]1CN(c2cc(OC[C@]34CCCN3C[C@@H](F)C4)nc3c2CCN(c2cccc4cccc(Cl)c24)C3)CCN1C(=O)O. The Bertz CT molecular complexity index is 1630. The van der Waals surface area contributed by atoms with Gasteiger partial charge in [0.2, 0.25) is 5.88 Å². The molecule has 4 aliphatic heterocycles. The van der Waals surface area contributed by atoms with Crippen molar-refractivity contribution < 1.29 is 19.0 Å². The Morgan fingerprint density at radius 2 is 1.98 bits per heavy atom. The number of aromatic nitrogens is 1. The number of carboxylic acid groups (broad SMARTS) is 1. The molecule has 11 heteroatoms. The summed E-state index contributed by atoms with van der Waals surface area (Å²) in [4.78, 5) is 25.1. The number of benzene rings is 2. The van der Waals surface area contributed by atoms with E-state index in [9.17, 15) is 19.6 Å². The van der Waals surface area contributed by atoms with Crippen LogP contribution in [0.1, 0.15) is 36.9 Å². The topological polar surface area (TPSA) is 96.2 Å². The van der Waals surface area contributed by atoms with E-state index >= 15 is 0 Å². The number of piperazine rings is 1. The van der Waals surface area contributed by atoms with E-state index in [-0.39, 0.29) is 12.0 Å². The van der Waals surface area contributed by atoms with E-state index < -0.39 is 18.3 Å². The molecule has 1 amide bonds. The Balaban J connectivity index is 1.23. The number of carbonyl (C=O) groups is 1. The van der Waals surface area contributed by atoms with Gasteiger partial charge in [0.05, 0.1) is 41.3 Å². The Morgan fingerprint density at radius 1 is 1.14 bits per heavy atom. The monoisotopic (exact) mass is 618 g/mol. The molecule has 3 aromatic rings. The van der Waals surface area contributed by atoms with Crippen molar-refractivity contribution in [3.05, 3.63) is 58.7 Å². The predicted octanol–water partition coefficient (Wildman–Crippen LogP) is 5.49. The molecule has 2 aromatic carbocycles. The van der Waals surface area contributed by atoms with Crippen LogP contribution in [0.2, 0.25) is 5.02 Å². The van der Waals surface area contributed by atoms with Gasteiger partial charge in [0.25, 0.3) is 0 Å². The van der Waals surface area contributed by atoms with E-state index in [1.165, 1.54) is 4.90 Å². The summed E-state index contributed by atoms with van der Waals surface area (Å²) >= 11 is 6.70. The largest absolute Gasteiger partial charge is 0.476 e. The summed E-state index contributed by atoms with van der Waals surface area (Å²) in [5.41, 5.74) is 3.75. The number of halogens is 2. The zero-order valence-corrected chi connectivity index (χ0v) is 25.3. The van der Waals surface area contributed by atoms with Gasteiger partial charge >= 0.3 is 6.09 Å². The zero-order chi connectivity index (χ0) is 30.4. The lowest BCUT2D eigenvalue weighted by Crippen LogP contribution is -2.55. The maximum absolute atomic E-state index is 14.5. The van der Waals surface area contributed by atoms with E-state index in [1.54, 1.807) is 0 Å². The molecular formula is C33H36ClFN6O3. The van der Waals surface area contributed by atoms with Gasteiger partial charge < -0.3 is 24.5 Å². The quantitative estimate of drug-likeness (QED) is 0.388. The second kappa shape index (κ2) is 11.6. The number of ether oxygens (including phenoxy) is 1. The molecule has 3 saturated heterocycles. The molecule has 0 aliphatic carbocycles. The maximum Gasteiger partial charge on any atom is 0.407 e. The third-order valence-electron chi connectivity index (χ3n) is 9.95. The molecule has 3 atom stereocenters. The Kier molecular flexibility index (Phi) is 7.63. The fraction of sp³-hybridized carbons (Fsp3) is 0.485. The summed E-state index contributed by atoms with van der Waals surface area (Å²) in [5.74, 6) is 0.498. The van der Waals surface area contributed by atoms with Crippen molar-refractivity contribution in [2.75, 3.05) is 55.7 Å². The molecule has 9 nitrogen and oxygen atoms in total. The van der Waals surface area contributed by atoms with Crippen LogP contribution in [0.4, 0.5) is 20.6 Å². The minimum Gasteiger partial charge on any atom is -0.476 e. The molecule has 0 unspecified atom stereocenters. The highest BCUT2D eigenvalue weighted by molar-refractivity contribution is 6.36. The van der Waals surface area contributed by atoms with Crippen LogP contribution in [-0.2, 0) is 13.0 Å². The van der Waals surface area contributed by atoms with Crippen molar-refractivity contribution in [2.45, 2.75) is 56.4 Å². The molecule has 5 heterocycles. The Hall–Kier alpha value is -3.81. The number of hydrogen-bond acceptors (Lipinski definition) is 7. The standard InChI is InChI=1S/C33H36ClFN6O3/c34-26-6-1-4-22-5-2-7-28(31(22)26)38-13-9-25-27(20-38)37-30(44-21-33-10-3-12-40(33)18-23(35)17-33)16-29(25)39-14-15-41(32(42)43)24(19-39)8-11-36/h1-2,4-7,16,23-24H,3,8-10,12-15,17-21H2,(H,42,43)/t23-,24-,33+/m0/s1. The molecule has 1 aromatic heterocycles. The number of nitriles is 1. The van der Waals surface area contributed by atoms with Crippen LogP contribution in [0, 0.1) is 11.3 Å². The fourth-order valence-corrected chi connectivity index (χ4v) is 8.14. The minimum atomic E-state index is -1.00. The lowest BCUT2D eigenvalue weighted by Gasteiger charge is -2.42. The van der Waals surface area contributed by atoms with Gasteiger partial charge in [-0.05, 0) is 43.3 Å². The lowest BCUT2D eigenvalue weighted by atomic mass is 9.95. The summed E-state index contributed by atoms with van der Waals surface area (Å²) in [6.07, 6.45) is 1.45. The molecule has 3 fully saturated rings. The number of nitrogens with zero attached hydrogens (tertiary/aromatic N) is 6. The van der Waals surface area contributed by atoms with Crippen LogP contribution >= 0.6 is 11.6 Å². The van der Waals surface area contributed by atoms with Crippen LogP contribution in [0.25, 0.3) is 10.8 Å². The molecular weight excluding hydrogens is 583 g/mol.